The highest BCUT2D eigenvalue weighted by Gasteiger charge is 2.64. The van der Waals surface area contributed by atoms with E-state index in [1.165, 1.54) is 22.4 Å². The number of carbonyl (C=O) groups is 1. The number of benzene rings is 1. The van der Waals surface area contributed by atoms with E-state index >= 15 is 0 Å². The summed E-state index contributed by atoms with van der Waals surface area (Å²) in [5.41, 5.74) is 5.54. The SMILES string of the molecule is C[C@H]1C[C@H]2[C@@H]3CCC4=CC(=O)CCC4=C3[C@@H](c3ccc(N(C)C)cc3)C[C@]2(C)[C@]1(O)/C=C\CO. The molecule has 5 rings (SSSR count). The average Bonchev–Trinajstić information content (AvgIpc) is 3.02. The number of anilines is 1. The van der Waals surface area contributed by atoms with Crippen molar-refractivity contribution in [3.8, 4) is 0 Å². The summed E-state index contributed by atoms with van der Waals surface area (Å²) >= 11 is 0. The van der Waals surface area contributed by atoms with Crippen LogP contribution in [0.2, 0.25) is 0 Å². The lowest BCUT2D eigenvalue weighted by atomic mass is 9.51. The van der Waals surface area contributed by atoms with E-state index in [1.54, 1.807) is 11.6 Å². The number of allylic oxidation sites excluding steroid dienone is 4. The first-order valence-electron chi connectivity index (χ1n) is 12.9. The van der Waals surface area contributed by atoms with Gasteiger partial charge in [0.2, 0.25) is 0 Å². The van der Waals surface area contributed by atoms with Gasteiger partial charge in [0.1, 0.15) is 0 Å². The van der Waals surface area contributed by atoms with Crippen molar-refractivity contribution in [3.05, 3.63) is 64.8 Å². The maximum absolute atomic E-state index is 12.2. The lowest BCUT2D eigenvalue weighted by Crippen LogP contribution is -2.52. The van der Waals surface area contributed by atoms with Crippen LogP contribution in [0.25, 0.3) is 0 Å². The van der Waals surface area contributed by atoms with E-state index in [4.69, 9.17) is 0 Å². The van der Waals surface area contributed by atoms with Gasteiger partial charge in [-0.15, -0.1) is 0 Å². The van der Waals surface area contributed by atoms with E-state index in [2.05, 4.69) is 57.1 Å². The van der Waals surface area contributed by atoms with Crippen molar-refractivity contribution >= 4 is 11.5 Å². The van der Waals surface area contributed by atoms with E-state index in [0.29, 0.717) is 18.3 Å². The minimum atomic E-state index is -0.933. The fraction of sp³-hybridized carbons (Fsp3) is 0.567. The van der Waals surface area contributed by atoms with Crippen molar-refractivity contribution in [2.24, 2.45) is 23.2 Å². The van der Waals surface area contributed by atoms with Gasteiger partial charge in [-0.2, -0.15) is 0 Å². The van der Waals surface area contributed by atoms with Crippen molar-refractivity contribution in [2.75, 3.05) is 25.6 Å². The quantitative estimate of drug-likeness (QED) is 0.607. The molecule has 1 aromatic rings. The van der Waals surface area contributed by atoms with Crippen molar-refractivity contribution in [2.45, 2.75) is 63.9 Å². The maximum Gasteiger partial charge on any atom is 0.156 e. The lowest BCUT2D eigenvalue weighted by molar-refractivity contribution is -0.114. The molecule has 2 fully saturated rings. The summed E-state index contributed by atoms with van der Waals surface area (Å²) in [6.45, 7) is 4.42. The number of ketones is 1. The van der Waals surface area contributed by atoms with E-state index in [0.717, 1.165) is 32.1 Å². The molecule has 182 valence electrons. The monoisotopic (exact) mass is 461 g/mol. The zero-order chi connectivity index (χ0) is 24.3. The molecule has 0 spiro atoms. The second-order valence-electron chi connectivity index (χ2n) is 11.5. The predicted octanol–water partition coefficient (Wildman–Crippen LogP) is 5.18. The number of rotatable bonds is 4. The smallest absolute Gasteiger partial charge is 0.156 e. The summed E-state index contributed by atoms with van der Waals surface area (Å²) in [6.07, 6.45) is 10.9. The van der Waals surface area contributed by atoms with Crippen LogP contribution in [0.5, 0.6) is 0 Å². The second-order valence-corrected chi connectivity index (χ2v) is 11.5. The summed E-state index contributed by atoms with van der Waals surface area (Å²) in [4.78, 5) is 14.4. The van der Waals surface area contributed by atoms with Crippen LogP contribution in [0, 0.1) is 23.2 Å². The topological polar surface area (TPSA) is 60.8 Å². The molecule has 4 aliphatic rings. The number of hydrogen-bond acceptors (Lipinski definition) is 4. The van der Waals surface area contributed by atoms with Crippen LogP contribution in [0.3, 0.4) is 0 Å². The van der Waals surface area contributed by atoms with Crippen LogP contribution in [0.15, 0.2) is 59.2 Å². The van der Waals surface area contributed by atoms with Crippen LogP contribution in [0.1, 0.15) is 63.9 Å². The Labute approximate surface area is 204 Å². The Kier molecular flexibility index (Phi) is 5.89. The van der Waals surface area contributed by atoms with E-state index in [-0.39, 0.29) is 29.6 Å². The van der Waals surface area contributed by atoms with E-state index < -0.39 is 5.60 Å². The minimum absolute atomic E-state index is 0.0495. The molecule has 6 atom stereocenters. The van der Waals surface area contributed by atoms with Gasteiger partial charge in [-0.1, -0.05) is 43.7 Å². The summed E-state index contributed by atoms with van der Waals surface area (Å²) in [5.74, 6) is 1.46. The Bertz CT molecular complexity index is 1070. The molecule has 1 aromatic carbocycles. The van der Waals surface area contributed by atoms with Crippen molar-refractivity contribution < 1.29 is 15.0 Å². The molecule has 0 amide bonds. The van der Waals surface area contributed by atoms with Gasteiger partial charge in [0.05, 0.1) is 12.2 Å². The van der Waals surface area contributed by atoms with E-state index in [9.17, 15) is 15.0 Å². The molecule has 2 N–H and O–H groups in total. The van der Waals surface area contributed by atoms with Gasteiger partial charge in [-0.25, -0.2) is 0 Å². The van der Waals surface area contributed by atoms with E-state index in [1.807, 2.05) is 12.2 Å². The predicted molar refractivity (Wildman–Crippen MR) is 137 cm³/mol. The molecule has 0 radical (unpaired) electrons. The molecule has 0 bridgehead atoms. The number of fused-ring (bicyclic) bond motifs is 4. The first kappa shape index (κ1) is 23.6. The van der Waals surface area contributed by atoms with Gasteiger partial charge in [-0.3, -0.25) is 4.79 Å². The van der Waals surface area contributed by atoms with Crippen LogP contribution in [-0.2, 0) is 4.79 Å². The Morgan fingerprint density at radius 1 is 1.15 bits per heavy atom. The highest BCUT2D eigenvalue weighted by molar-refractivity contribution is 5.93. The molecule has 0 unspecified atom stereocenters. The summed E-state index contributed by atoms with van der Waals surface area (Å²) in [7, 11) is 4.12. The molecule has 4 nitrogen and oxygen atoms in total. The van der Waals surface area contributed by atoms with Crippen molar-refractivity contribution in [1.82, 2.24) is 0 Å². The fourth-order valence-corrected chi connectivity index (χ4v) is 7.92. The number of aliphatic hydroxyl groups excluding tert-OH is 1. The van der Waals surface area contributed by atoms with Gasteiger partial charge in [0, 0.05) is 37.5 Å². The van der Waals surface area contributed by atoms with Crippen LogP contribution >= 0.6 is 0 Å². The van der Waals surface area contributed by atoms with Gasteiger partial charge in [0.15, 0.2) is 5.78 Å². The first-order chi connectivity index (χ1) is 16.2. The third kappa shape index (κ3) is 3.45. The highest BCUT2D eigenvalue weighted by Crippen LogP contribution is 2.68. The Morgan fingerprint density at radius 3 is 2.56 bits per heavy atom. The molecule has 4 aliphatic carbocycles. The zero-order valence-corrected chi connectivity index (χ0v) is 21.1. The highest BCUT2D eigenvalue weighted by atomic mass is 16.3. The van der Waals surface area contributed by atoms with Gasteiger partial charge in [-0.05, 0) is 84.8 Å². The molecule has 0 aliphatic heterocycles. The Morgan fingerprint density at radius 2 is 1.88 bits per heavy atom. The lowest BCUT2D eigenvalue weighted by Gasteiger charge is -2.54. The third-order valence-electron chi connectivity index (χ3n) is 9.69. The Balaban J connectivity index is 1.67. The third-order valence-corrected chi connectivity index (χ3v) is 9.69. The molecular weight excluding hydrogens is 422 g/mol. The number of aliphatic hydroxyl groups is 2. The van der Waals surface area contributed by atoms with Gasteiger partial charge >= 0.3 is 0 Å². The normalized spacial score (nSPS) is 37.4. The second kappa shape index (κ2) is 8.49. The molecule has 4 heteroatoms. The van der Waals surface area contributed by atoms with Crippen LogP contribution in [0.4, 0.5) is 5.69 Å². The molecule has 2 saturated carbocycles. The molecule has 0 heterocycles. The number of hydrogen-bond donors (Lipinski definition) is 2. The van der Waals surface area contributed by atoms with Gasteiger partial charge < -0.3 is 15.1 Å². The largest absolute Gasteiger partial charge is 0.392 e. The Hall–Kier alpha value is -2.17. The summed E-state index contributed by atoms with van der Waals surface area (Å²) in [6, 6.07) is 8.93. The van der Waals surface area contributed by atoms with Crippen LogP contribution < -0.4 is 4.90 Å². The molecule has 0 aromatic heterocycles. The van der Waals surface area contributed by atoms with Crippen molar-refractivity contribution in [3.63, 3.8) is 0 Å². The first-order valence-corrected chi connectivity index (χ1v) is 12.9. The standard InChI is InChI=1S/C30H39NO3/c1-19-16-27-25-12-8-21-17-23(33)11-13-24(21)28(25)26(20-6-9-22(10-7-20)31(3)4)18-29(27,2)30(19,34)14-5-15-32/h5-7,9-10,14,17,19,25-27,32,34H,8,11-13,15-16,18H2,1-4H3/b14-5-/t19-,25-,26+,27-,29-,30-/m0/s1. The summed E-state index contributed by atoms with van der Waals surface area (Å²) in [5, 5.41) is 21.6. The van der Waals surface area contributed by atoms with Crippen LogP contribution in [-0.4, -0.2) is 42.3 Å². The minimum Gasteiger partial charge on any atom is -0.392 e. The molecule has 34 heavy (non-hydrogen) atoms. The van der Waals surface area contributed by atoms with Gasteiger partial charge in [0.25, 0.3) is 0 Å². The van der Waals surface area contributed by atoms with Crippen molar-refractivity contribution in [1.29, 1.82) is 0 Å². The zero-order valence-electron chi connectivity index (χ0n) is 21.1. The molecular formula is C30H39NO3. The number of nitrogens with zero attached hydrogens (tertiary/aromatic N) is 1. The maximum atomic E-state index is 12.2. The summed E-state index contributed by atoms with van der Waals surface area (Å²) < 4.78 is 0. The number of carbonyl (C=O) groups excluding carboxylic acids is 1. The fourth-order valence-electron chi connectivity index (χ4n) is 7.92. The molecule has 0 saturated heterocycles. The average molecular weight is 462 g/mol.